The van der Waals surface area contributed by atoms with Crippen molar-refractivity contribution >= 4 is 17.7 Å². The molecule has 0 saturated heterocycles. The van der Waals surface area contributed by atoms with Crippen molar-refractivity contribution < 1.29 is 9.53 Å². The summed E-state index contributed by atoms with van der Waals surface area (Å²) in [6.45, 7) is 3.07. The summed E-state index contributed by atoms with van der Waals surface area (Å²) in [6.07, 6.45) is 0. The van der Waals surface area contributed by atoms with E-state index in [0.29, 0.717) is 18.7 Å². The van der Waals surface area contributed by atoms with Gasteiger partial charge in [-0.15, -0.1) is 10.2 Å². The molecule has 0 aliphatic rings. The first kappa shape index (κ1) is 20.0. The third-order valence-corrected chi connectivity index (χ3v) is 5.17. The maximum absolute atomic E-state index is 12.0. The van der Waals surface area contributed by atoms with E-state index in [0.717, 1.165) is 27.6 Å². The molecule has 3 aromatic rings. The van der Waals surface area contributed by atoms with Crippen LogP contribution in [-0.4, -0.2) is 36.4 Å². The fraction of sp³-hybridized carbons (Fsp3) is 0.227. The number of carbonyl (C=O) groups excluding carboxylic acids is 1. The third-order valence-electron chi connectivity index (χ3n) is 4.18. The summed E-state index contributed by atoms with van der Waals surface area (Å²) < 4.78 is 4.93. The predicted molar refractivity (Wildman–Crippen MR) is 112 cm³/mol. The van der Waals surface area contributed by atoms with Crippen molar-refractivity contribution in [1.82, 2.24) is 15.5 Å². The molecule has 6 heteroatoms. The molecule has 0 atom stereocenters. The summed E-state index contributed by atoms with van der Waals surface area (Å²) >= 11 is 1.62. The Kier molecular flexibility index (Phi) is 7.17. The lowest BCUT2D eigenvalue weighted by atomic mass is 10.1. The Morgan fingerprint density at radius 2 is 1.75 bits per heavy atom. The van der Waals surface area contributed by atoms with Gasteiger partial charge in [0.15, 0.2) is 0 Å². The number of carbonyl (C=O) groups is 1. The summed E-state index contributed by atoms with van der Waals surface area (Å²) in [4.78, 5) is 12.0. The molecule has 0 spiro atoms. The molecule has 0 unspecified atom stereocenters. The highest BCUT2D eigenvalue weighted by Crippen LogP contribution is 2.23. The van der Waals surface area contributed by atoms with Crippen molar-refractivity contribution in [2.24, 2.45) is 0 Å². The number of thioether (sulfide) groups is 1. The van der Waals surface area contributed by atoms with Gasteiger partial charge in [-0.05, 0) is 36.8 Å². The largest absolute Gasteiger partial charge is 0.383 e. The molecular formula is C22H23N3O2S. The average molecular weight is 394 g/mol. The lowest BCUT2D eigenvalue weighted by Gasteiger charge is -2.06. The van der Waals surface area contributed by atoms with E-state index < -0.39 is 0 Å². The number of benzene rings is 2. The Hall–Kier alpha value is -2.70. The van der Waals surface area contributed by atoms with Crippen LogP contribution in [-0.2, 0) is 10.5 Å². The van der Waals surface area contributed by atoms with Crippen LogP contribution in [0.3, 0.4) is 0 Å². The fourth-order valence-corrected chi connectivity index (χ4v) is 3.32. The minimum absolute atomic E-state index is 0.0891. The Labute approximate surface area is 169 Å². The highest BCUT2D eigenvalue weighted by molar-refractivity contribution is 7.98. The van der Waals surface area contributed by atoms with E-state index in [1.165, 1.54) is 5.56 Å². The minimum Gasteiger partial charge on any atom is -0.383 e. The van der Waals surface area contributed by atoms with Gasteiger partial charge in [-0.1, -0.05) is 53.7 Å². The first-order valence-electron chi connectivity index (χ1n) is 9.05. The molecule has 1 amide bonds. The molecule has 144 valence electrons. The number of rotatable bonds is 8. The molecule has 0 aliphatic heterocycles. The standard InChI is InChI=1S/C22H23N3O2S/c1-16-3-7-18(8-4-16)20-11-12-21(25-24-20)28-15-17-5-9-19(10-6-17)22(26)23-13-14-27-2/h3-12H,13-15H2,1-2H3,(H,23,26). The van der Waals surface area contributed by atoms with E-state index in [-0.39, 0.29) is 5.91 Å². The minimum atomic E-state index is -0.0891. The fourth-order valence-electron chi connectivity index (χ4n) is 2.55. The van der Waals surface area contributed by atoms with Crippen molar-refractivity contribution in [3.05, 3.63) is 77.4 Å². The number of methoxy groups -OCH3 is 1. The number of hydrogen-bond donors (Lipinski definition) is 1. The van der Waals surface area contributed by atoms with Crippen LogP contribution in [0, 0.1) is 6.92 Å². The second kappa shape index (κ2) is 10.0. The molecule has 1 N–H and O–H groups in total. The molecule has 0 aliphatic carbocycles. The Morgan fingerprint density at radius 1 is 1.00 bits per heavy atom. The van der Waals surface area contributed by atoms with Gasteiger partial charge in [0.05, 0.1) is 12.3 Å². The van der Waals surface area contributed by atoms with Crippen LogP contribution in [0.15, 0.2) is 65.7 Å². The van der Waals surface area contributed by atoms with Crippen LogP contribution >= 0.6 is 11.8 Å². The van der Waals surface area contributed by atoms with E-state index in [2.05, 4.69) is 46.7 Å². The number of aromatic nitrogens is 2. The zero-order chi connectivity index (χ0) is 19.8. The zero-order valence-corrected chi connectivity index (χ0v) is 16.8. The number of ether oxygens (including phenoxy) is 1. The van der Waals surface area contributed by atoms with Crippen molar-refractivity contribution in [1.29, 1.82) is 0 Å². The van der Waals surface area contributed by atoms with Crippen LogP contribution in [0.2, 0.25) is 0 Å². The lowest BCUT2D eigenvalue weighted by molar-refractivity contribution is 0.0937. The summed E-state index contributed by atoms with van der Waals surface area (Å²) in [7, 11) is 1.61. The maximum Gasteiger partial charge on any atom is 0.251 e. The second-order valence-electron chi connectivity index (χ2n) is 6.36. The lowest BCUT2D eigenvalue weighted by Crippen LogP contribution is -2.26. The van der Waals surface area contributed by atoms with Crippen molar-refractivity contribution in [2.75, 3.05) is 20.3 Å². The molecule has 0 bridgehead atoms. The molecule has 0 radical (unpaired) electrons. The molecule has 28 heavy (non-hydrogen) atoms. The maximum atomic E-state index is 12.0. The second-order valence-corrected chi connectivity index (χ2v) is 7.35. The van der Waals surface area contributed by atoms with E-state index in [1.807, 2.05) is 36.4 Å². The summed E-state index contributed by atoms with van der Waals surface area (Å²) in [5.41, 5.74) is 4.93. The van der Waals surface area contributed by atoms with Crippen LogP contribution < -0.4 is 5.32 Å². The average Bonchev–Trinajstić information content (AvgIpc) is 2.74. The van der Waals surface area contributed by atoms with Gasteiger partial charge in [0.2, 0.25) is 0 Å². The van der Waals surface area contributed by atoms with Crippen molar-refractivity contribution in [2.45, 2.75) is 17.7 Å². The number of amides is 1. The zero-order valence-electron chi connectivity index (χ0n) is 16.0. The van der Waals surface area contributed by atoms with E-state index in [1.54, 1.807) is 18.9 Å². The van der Waals surface area contributed by atoms with Gasteiger partial charge in [0, 0.05) is 30.5 Å². The Morgan fingerprint density at radius 3 is 2.39 bits per heavy atom. The first-order valence-corrected chi connectivity index (χ1v) is 10.0. The summed E-state index contributed by atoms with van der Waals surface area (Å²) in [5, 5.41) is 12.3. The molecule has 0 saturated carbocycles. The Bertz CT molecular complexity index is 895. The van der Waals surface area contributed by atoms with E-state index >= 15 is 0 Å². The predicted octanol–water partition coefficient (Wildman–Crippen LogP) is 4.12. The first-order chi connectivity index (χ1) is 13.7. The molecule has 1 heterocycles. The number of nitrogens with zero attached hydrogens (tertiary/aromatic N) is 2. The summed E-state index contributed by atoms with van der Waals surface area (Å²) in [5.74, 6) is 0.679. The quantitative estimate of drug-likeness (QED) is 0.461. The molecule has 2 aromatic carbocycles. The SMILES string of the molecule is COCCNC(=O)c1ccc(CSc2ccc(-c3ccc(C)cc3)nn2)cc1. The van der Waals surface area contributed by atoms with Gasteiger partial charge in [-0.3, -0.25) is 4.79 Å². The van der Waals surface area contributed by atoms with Gasteiger partial charge >= 0.3 is 0 Å². The highest BCUT2D eigenvalue weighted by atomic mass is 32.2. The number of aryl methyl sites for hydroxylation is 1. The van der Waals surface area contributed by atoms with Gasteiger partial charge in [0.25, 0.3) is 5.91 Å². The van der Waals surface area contributed by atoms with Crippen LogP contribution in [0.5, 0.6) is 0 Å². The molecular weight excluding hydrogens is 370 g/mol. The van der Waals surface area contributed by atoms with Crippen molar-refractivity contribution in [3.8, 4) is 11.3 Å². The molecule has 1 aromatic heterocycles. The Balaban J connectivity index is 1.54. The van der Waals surface area contributed by atoms with Crippen LogP contribution in [0.4, 0.5) is 0 Å². The molecule has 3 rings (SSSR count). The normalized spacial score (nSPS) is 10.6. The monoisotopic (exact) mass is 393 g/mol. The number of nitrogens with one attached hydrogen (secondary N) is 1. The van der Waals surface area contributed by atoms with Gasteiger partial charge in [0.1, 0.15) is 5.03 Å². The highest BCUT2D eigenvalue weighted by Gasteiger charge is 2.06. The number of hydrogen-bond acceptors (Lipinski definition) is 5. The van der Waals surface area contributed by atoms with Crippen molar-refractivity contribution in [3.63, 3.8) is 0 Å². The van der Waals surface area contributed by atoms with Gasteiger partial charge in [-0.2, -0.15) is 0 Å². The van der Waals surface area contributed by atoms with Gasteiger partial charge < -0.3 is 10.1 Å². The molecule has 5 nitrogen and oxygen atoms in total. The summed E-state index contributed by atoms with van der Waals surface area (Å²) in [6, 6.07) is 19.8. The third kappa shape index (κ3) is 5.65. The molecule has 0 fully saturated rings. The van der Waals surface area contributed by atoms with Gasteiger partial charge in [-0.25, -0.2) is 0 Å². The van der Waals surface area contributed by atoms with Crippen LogP contribution in [0.1, 0.15) is 21.5 Å². The van der Waals surface area contributed by atoms with Crippen LogP contribution in [0.25, 0.3) is 11.3 Å². The smallest absolute Gasteiger partial charge is 0.251 e. The van der Waals surface area contributed by atoms with E-state index in [9.17, 15) is 4.79 Å². The topological polar surface area (TPSA) is 64.1 Å². The van der Waals surface area contributed by atoms with E-state index in [4.69, 9.17) is 4.74 Å².